The van der Waals surface area contributed by atoms with Crippen LogP contribution >= 0.6 is 12.2 Å². The molecule has 2 unspecified atom stereocenters. The second-order valence-electron chi connectivity index (χ2n) is 6.40. The zero-order valence-corrected chi connectivity index (χ0v) is 16.5. The standard InChI is InChI=1S/C22H17NO3S2/c24-28(25)14-15-7-9-16(10-8-15)22-21(17-4-3-11-23-12-17)19(13-27)18-5-1-2-6-20(18)26-22/h1-13,19H,14H2,(H,24,25). The van der Waals surface area contributed by atoms with Crippen LogP contribution in [0.1, 0.15) is 28.2 Å². The molecular formula is C22H17NO3S2. The number of ether oxygens (including phenoxy) is 1. The molecule has 0 spiro atoms. The second kappa shape index (κ2) is 8.14. The van der Waals surface area contributed by atoms with Gasteiger partial charge in [0.15, 0.2) is 11.1 Å². The molecule has 2 aromatic carbocycles. The zero-order valence-electron chi connectivity index (χ0n) is 14.8. The fourth-order valence-electron chi connectivity index (χ4n) is 3.38. The molecule has 0 saturated carbocycles. The van der Waals surface area contributed by atoms with Crippen molar-refractivity contribution in [2.45, 2.75) is 11.7 Å². The highest BCUT2D eigenvalue weighted by Crippen LogP contribution is 2.45. The molecule has 1 aliphatic rings. The maximum absolute atomic E-state index is 11.1. The smallest absolute Gasteiger partial charge is 0.157 e. The van der Waals surface area contributed by atoms with Gasteiger partial charge < -0.3 is 9.29 Å². The number of hydrogen-bond acceptors (Lipinski definition) is 4. The molecule has 2 atom stereocenters. The van der Waals surface area contributed by atoms with Gasteiger partial charge in [-0.05, 0) is 23.1 Å². The molecule has 140 valence electrons. The van der Waals surface area contributed by atoms with Crippen LogP contribution < -0.4 is 4.74 Å². The summed E-state index contributed by atoms with van der Waals surface area (Å²) in [6, 6.07) is 19.2. The summed E-state index contributed by atoms with van der Waals surface area (Å²) < 4.78 is 26.5. The van der Waals surface area contributed by atoms with Gasteiger partial charge in [0.25, 0.3) is 0 Å². The average Bonchev–Trinajstić information content (AvgIpc) is 2.73. The summed E-state index contributed by atoms with van der Waals surface area (Å²) in [4.78, 5) is 4.26. The van der Waals surface area contributed by atoms with Crippen LogP contribution in [-0.4, -0.2) is 19.1 Å². The molecule has 4 nitrogen and oxygen atoms in total. The summed E-state index contributed by atoms with van der Waals surface area (Å²) in [6.45, 7) is 0. The van der Waals surface area contributed by atoms with E-state index >= 15 is 0 Å². The van der Waals surface area contributed by atoms with Crippen molar-refractivity contribution in [2.24, 2.45) is 0 Å². The fraction of sp³-hybridized carbons (Fsp3) is 0.0909. The first-order valence-corrected chi connectivity index (χ1v) is 10.5. The maximum atomic E-state index is 11.1. The summed E-state index contributed by atoms with van der Waals surface area (Å²) in [7, 11) is 0. The summed E-state index contributed by atoms with van der Waals surface area (Å²) in [6.07, 6.45) is 3.54. The van der Waals surface area contributed by atoms with Crippen LogP contribution in [0.3, 0.4) is 0 Å². The molecule has 0 radical (unpaired) electrons. The largest absolute Gasteiger partial charge is 0.456 e. The number of para-hydroxylation sites is 1. The van der Waals surface area contributed by atoms with Gasteiger partial charge in [0.1, 0.15) is 11.5 Å². The van der Waals surface area contributed by atoms with Crippen molar-refractivity contribution in [3.05, 3.63) is 95.3 Å². The van der Waals surface area contributed by atoms with Gasteiger partial charge in [0, 0.05) is 40.6 Å². The van der Waals surface area contributed by atoms with Crippen molar-refractivity contribution >= 4 is 40.0 Å². The van der Waals surface area contributed by atoms with Crippen molar-refractivity contribution in [3.8, 4) is 5.75 Å². The molecule has 0 fully saturated rings. The molecule has 4 rings (SSSR count). The van der Waals surface area contributed by atoms with Gasteiger partial charge in [-0.2, -0.15) is 0 Å². The van der Waals surface area contributed by atoms with Crippen LogP contribution in [0.2, 0.25) is 0 Å². The molecule has 28 heavy (non-hydrogen) atoms. The molecule has 0 amide bonds. The minimum absolute atomic E-state index is 0.0983. The molecular weight excluding hydrogens is 390 g/mol. The number of rotatable bonds is 5. The maximum Gasteiger partial charge on any atom is 0.157 e. The van der Waals surface area contributed by atoms with Gasteiger partial charge in [-0.25, -0.2) is 4.21 Å². The SMILES string of the molecule is O=S(O)Cc1ccc(C2=C(c3cccnc3)C(C=S)c3ccccc3O2)cc1. The molecule has 1 aromatic heterocycles. The van der Waals surface area contributed by atoms with E-state index in [1.54, 1.807) is 11.6 Å². The van der Waals surface area contributed by atoms with Gasteiger partial charge in [0.2, 0.25) is 0 Å². The monoisotopic (exact) mass is 407 g/mol. The average molecular weight is 408 g/mol. The van der Waals surface area contributed by atoms with Crippen LogP contribution in [0.15, 0.2) is 73.1 Å². The molecule has 0 aliphatic carbocycles. The predicted octanol–water partition coefficient (Wildman–Crippen LogP) is 4.85. The lowest BCUT2D eigenvalue weighted by Gasteiger charge is -2.29. The van der Waals surface area contributed by atoms with E-state index in [1.807, 2.05) is 66.9 Å². The first kappa shape index (κ1) is 18.7. The van der Waals surface area contributed by atoms with E-state index < -0.39 is 11.1 Å². The number of nitrogens with zero attached hydrogens (tertiary/aromatic N) is 1. The van der Waals surface area contributed by atoms with Crippen molar-refractivity contribution in [1.82, 2.24) is 4.98 Å². The van der Waals surface area contributed by atoms with Gasteiger partial charge in [0.05, 0.1) is 5.75 Å². The molecule has 2 heterocycles. The van der Waals surface area contributed by atoms with E-state index in [9.17, 15) is 4.21 Å². The topological polar surface area (TPSA) is 59.4 Å². The van der Waals surface area contributed by atoms with E-state index in [1.165, 1.54) is 0 Å². The van der Waals surface area contributed by atoms with Crippen LogP contribution in [0.25, 0.3) is 11.3 Å². The number of fused-ring (bicyclic) bond motifs is 1. The number of benzene rings is 2. The van der Waals surface area contributed by atoms with Crippen molar-refractivity contribution in [1.29, 1.82) is 0 Å². The number of pyridine rings is 1. The minimum Gasteiger partial charge on any atom is -0.456 e. The van der Waals surface area contributed by atoms with E-state index in [2.05, 4.69) is 4.98 Å². The summed E-state index contributed by atoms with van der Waals surface area (Å²) in [5.41, 5.74) is 4.59. The van der Waals surface area contributed by atoms with Crippen LogP contribution in [0.4, 0.5) is 0 Å². The van der Waals surface area contributed by atoms with Crippen molar-refractivity contribution < 1.29 is 13.5 Å². The lowest BCUT2D eigenvalue weighted by Crippen LogP contribution is -2.15. The van der Waals surface area contributed by atoms with Crippen molar-refractivity contribution in [2.75, 3.05) is 0 Å². The molecule has 1 N–H and O–H groups in total. The first-order valence-electron chi connectivity index (χ1n) is 8.71. The number of hydrogen-bond donors (Lipinski definition) is 1. The third-order valence-electron chi connectivity index (χ3n) is 4.64. The van der Waals surface area contributed by atoms with E-state index in [0.29, 0.717) is 0 Å². The molecule has 3 aromatic rings. The lowest BCUT2D eigenvalue weighted by molar-refractivity contribution is 0.500. The Bertz CT molecular complexity index is 1060. The third kappa shape index (κ3) is 3.67. The van der Waals surface area contributed by atoms with Gasteiger partial charge in [-0.15, -0.1) is 0 Å². The predicted molar refractivity (Wildman–Crippen MR) is 115 cm³/mol. The van der Waals surface area contributed by atoms with E-state index in [4.69, 9.17) is 21.5 Å². The third-order valence-corrected chi connectivity index (χ3v) is 5.49. The Morgan fingerprint density at radius 1 is 1.07 bits per heavy atom. The molecule has 1 aliphatic heterocycles. The lowest BCUT2D eigenvalue weighted by atomic mass is 9.84. The number of thiocarbonyl (C=S) groups is 1. The van der Waals surface area contributed by atoms with Crippen LogP contribution in [0.5, 0.6) is 5.75 Å². The number of allylic oxidation sites excluding steroid dienone is 1. The Kier molecular flexibility index (Phi) is 5.43. The Labute approximate surface area is 171 Å². The van der Waals surface area contributed by atoms with E-state index in [-0.39, 0.29) is 11.7 Å². The van der Waals surface area contributed by atoms with Gasteiger partial charge in [-0.3, -0.25) is 4.98 Å². The fourth-order valence-corrected chi connectivity index (χ4v) is 4.14. The van der Waals surface area contributed by atoms with Crippen LogP contribution in [0, 0.1) is 0 Å². The van der Waals surface area contributed by atoms with Crippen LogP contribution in [-0.2, 0) is 16.8 Å². The second-order valence-corrected chi connectivity index (χ2v) is 7.60. The quantitative estimate of drug-likeness (QED) is 0.484. The van der Waals surface area contributed by atoms with Gasteiger partial charge >= 0.3 is 0 Å². The summed E-state index contributed by atoms with van der Waals surface area (Å²) in [5.74, 6) is 1.48. The highest BCUT2D eigenvalue weighted by atomic mass is 32.2. The zero-order chi connectivity index (χ0) is 19.5. The molecule has 0 bridgehead atoms. The van der Waals surface area contributed by atoms with E-state index in [0.717, 1.165) is 39.3 Å². The van der Waals surface area contributed by atoms with Gasteiger partial charge in [-0.1, -0.05) is 60.7 Å². The summed E-state index contributed by atoms with van der Waals surface area (Å²) >= 11 is 3.53. The first-order chi connectivity index (χ1) is 13.7. The molecule has 6 heteroatoms. The highest BCUT2D eigenvalue weighted by Gasteiger charge is 2.30. The molecule has 0 saturated heterocycles. The Morgan fingerprint density at radius 2 is 1.86 bits per heavy atom. The van der Waals surface area contributed by atoms with Crippen molar-refractivity contribution in [3.63, 3.8) is 0 Å². The number of aromatic nitrogens is 1. The highest BCUT2D eigenvalue weighted by molar-refractivity contribution is 7.79. The Morgan fingerprint density at radius 3 is 2.54 bits per heavy atom. The Hall–Kier alpha value is -2.67. The minimum atomic E-state index is -1.87. The summed E-state index contributed by atoms with van der Waals surface area (Å²) in [5, 5.41) is 1.76. The Balaban J connectivity index is 1.88. The normalized spacial score (nSPS) is 16.8.